The van der Waals surface area contributed by atoms with Crippen LogP contribution >= 0.6 is 0 Å². The summed E-state index contributed by atoms with van der Waals surface area (Å²) in [6.07, 6.45) is 3.61. The Morgan fingerprint density at radius 1 is 0.600 bits per heavy atom. The normalized spacial score (nSPS) is 15.4. The smallest absolute Gasteiger partial charge is 0.0764 e. The molecule has 0 saturated heterocycles. The molecule has 0 bridgehead atoms. The topological polar surface area (TPSA) is 0 Å². The van der Waals surface area contributed by atoms with Crippen molar-refractivity contribution in [3.8, 4) is 11.1 Å². The van der Waals surface area contributed by atoms with Gasteiger partial charge < -0.3 is 0 Å². The quantitative estimate of drug-likeness (QED) is 0.276. The van der Waals surface area contributed by atoms with Crippen molar-refractivity contribution < 1.29 is 0 Å². The van der Waals surface area contributed by atoms with Gasteiger partial charge in [0, 0.05) is 5.92 Å². The van der Waals surface area contributed by atoms with Crippen LogP contribution in [0.2, 0.25) is 0 Å². The van der Waals surface area contributed by atoms with E-state index >= 15 is 0 Å². The van der Waals surface area contributed by atoms with Crippen molar-refractivity contribution in [3.05, 3.63) is 143 Å². The first kappa shape index (κ1) is 22.1. The van der Waals surface area contributed by atoms with Gasteiger partial charge in [-0.2, -0.15) is 0 Å². The van der Waals surface area contributed by atoms with Crippen LogP contribution in [-0.4, -0.2) is 8.80 Å². The van der Waals surface area contributed by atoms with Crippen LogP contribution in [0.3, 0.4) is 0 Å². The molecule has 0 fully saturated rings. The summed E-state index contributed by atoms with van der Waals surface area (Å²) in [4.78, 5) is 0. The highest BCUT2D eigenvalue weighted by atomic mass is 28.3. The van der Waals surface area contributed by atoms with E-state index in [1.165, 1.54) is 38.2 Å². The third kappa shape index (κ3) is 3.75. The number of rotatable bonds is 4. The molecule has 0 unspecified atom stereocenters. The molecule has 35 heavy (non-hydrogen) atoms. The van der Waals surface area contributed by atoms with E-state index in [0.29, 0.717) is 5.92 Å². The van der Waals surface area contributed by atoms with E-state index in [9.17, 15) is 0 Å². The molecule has 1 radical (unpaired) electrons. The number of allylic oxidation sites excluding steroid dienone is 4. The van der Waals surface area contributed by atoms with Crippen molar-refractivity contribution in [2.24, 2.45) is 5.41 Å². The van der Waals surface area contributed by atoms with E-state index in [1.54, 1.807) is 10.8 Å². The molecule has 2 aliphatic carbocycles. The Morgan fingerprint density at radius 2 is 1.06 bits per heavy atom. The molecule has 0 nitrogen and oxygen atoms in total. The Bertz CT molecular complexity index is 1350. The molecule has 2 aliphatic rings. The van der Waals surface area contributed by atoms with Gasteiger partial charge in [0.25, 0.3) is 0 Å². The van der Waals surface area contributed by atoms with E-state index in [4.69, 9.17) is 0 Å². The molecule has 6 rings (SSSR count). The lowest BCUT2D eigenvalue weighted by Crippen LogP contribution is -2.45. The highest BCUT2D eigenvalue weighted by Crippen LogP contribution is 2.54. The first-order chi connectivity index (χ1) is 17.0. The molecule has 0 N–H and O–H groups in total. The Morgan fingerprint density at radius 3 is 1.54 bits per heavy atom. The molecule has 1 heteroatoms. The van der Waals surface area contributed by atoms with Gasteiger partial charge in [-0.3, -0.25) is 0 Å². The zero-order valence-corrected chi connectivity index (χ0v) is 21.8. The maximum Gasteiger partial charge on any atom is 0.151 e. The lowest BCUT2D eigenvalue weighted by atomic mass is 9.76. The summed E-state index contributed by atoms with van der Waals surface area (Å²) in [5, 5.41) is 4.60. The van der Waals surface area contributed by atoms with Gasteiger partial charge in [0.05, 0.1) is 0 Å². The minimum atomic E-state index is -1.10. The number of hydrogen-bond acceptors (Lipinski definition) is 0. The molecule has 0 spiro atoms. The maximum atomic E-state index is 2.57. The summed E-state index contributed by atoms with van der Waals surface area (Å²) in [6, 6.07) is 40.5. The minimum Gasteiger partial charge on any atom is -0.0764 e. The second-order valence-electron chi connectivity index (χ2n) is 10.7. The van der Waals surface area contributed by atoms with Gasteiger partial charge in [0.1, 0.15) is 0 Å². The van der Waals surface area contributed by atoms with Gasteiger partial charge in [-0.05, 0) is 45.2 Å². The highest BCUT2D eigenvalue weighted by Gasteiger charge is 2.40. The Kier molecular flexibility index (Phi) is 5.46. The monoisotopic (exact) mass is 467 g/mol. The van der Waals surface area contributed by atoms with Crippen molar-refractivity contribution >= 4 is 19.2 Å². The molecule has 0 aliphatic heterocycles. The van der Waals surface area contributed by atoms with E-state index in [1.807, 2.05) is 0 Å². The fourth-order valence-corrected chi connectivity index (χ4v) is 9.34. The fraction of sp³-hybridized carbons (Fsp3) is 0.176. The highest BCUT2D eigenvalue weighted by molar-refractivity contribution is 6.91. The van der Waals surface area contributed by atoms with Crippen LogP contribution in [0, 0.1) is 5.41 Å². The van der Waals surface area contributed by atoms with Crippen LogP contribution in [0.15, 0.2) is 132 Å². The summed E-state index contributed by atoms with van der Waals surface area (Å²) in [5.41, 5.74) is 8.87. The second kappa shape index (κ2) is 8.66. The summed E-state index contributed by atoms with van der Waals surface area (Å²) in [7, 11) is -1.10. The van der Waals surface area contributed by atoms with E-state index in [-0.39, 0.29) is 5.41 Å². The Hall–Kier alpha value is -3.42. The van der Waals surface area contributed by atoms with Crippen molar-refractivity contribution in [2.45, 2.75) is 33.1 Å². The van der Waals surface area contributed by atoms with E-state index in [2.05, 4.69) is 136 Å². The van der Waals surface area contributed by atoms with E-state index < -0.39 is 8.80 Å². The molecule has 4 aromatic carbocycles. The van der Waals surface area contributed by atoms with Crippen molar-refractivity contribution in [3.63, 3.8) is 0 Å². The average molecular weight is 468 g/mol. The number of benzene rings is 4. The van der Waals surface area contributed by atoms with Crippen molar-refractivity contribution in [2.75, 3.05) is 0 Å². The predicted molar refractivity (Wildman–Crippen MR) is 151 cm³/mol. The Balaban J connectivity index is 1.57. The molecule has 171 valence electrons. The van der Waals surface area contributed by atoms with Gasteiger partial charge in [-0.1, -0.05) is 152 Å². The predicted octanol–water partition coefficient (Wildman–Crippen LogP) is 7.32. The zero-order valence-electron chi connectivity index (χ0n) is 20.8. The van der Waals surface area contributed by atoms with Gasteiger partial charge in [-0.15, -0.1) is 0 Å². The summed E-state index contributed by atoms with van der Waals surface area (Å²) in [6.45, 7) is 7.22. The van der Waals surface area contributed by atoms with Crippen LogP contribution in [0.25, 0.3) is 11.1 Å². The van der Waals surface area contributed by atoms with Crippen LogP contribution in [0.5, 0.6) is 0 Å². The summed E-state index contributed by atoms with van der Waals surface area (Å²) < 4.78 is 0. The lowest BCUT2D eigenvalue weighted by Gasteiger charge is -2.31. The molecule has 0 heterocycles. The average Bonchev–Trinajstić information content (AvgIpc) is 3.45. The molecule has 0 atom stereocenters. The SMILES string of the molecule is CC(C)(C)C1=C([Si](c2ccccc2)c2ccccc2)CC=C1C1c2ccccc2-c2ccccc21. The van der Waals surface area contributed by atoms with Gasteiger partial charge in [0.2, 0.25) is 0 Å². The van der Waals surface area contributed by atoms with Gasteiger partial charge in [-0.25, -0.2) is 0 Å². The lowest BCUT2D eigenvalue weighted by molar-refractivity contribution is 0.505. The maximum absolute atomic E-state index is 2.57. The molecule has 0 saturated carbocycles. The number of hydrogen-bond donors (Lipinski definition) is 0. The van der Waals surface area contributed by atoms with Crippen LogP contribution < -0.4 is 10.4 Å². The molecule has 0 aromatic heterocycles. The van der Waals surface area contributed by atoms with Gasteiger partial charge >= 0.3 is 0 Å². The fourth-order valence-electron chi connectivity index (χ4n) is 6.18. The first-order valence-corrected chi connectivity index (χ1v) is 14.1. The second-order valence-corrected chi connectivity index (χ2v) is 13.2. The van der Waals surface area contributed by atoms with Crippen LogP contribution in [-0.2, 0) is 0 Å². The van der Waals surface area contributed by atoms with Crippen LogP contribution in [0.1, 0.15) is 44.2 Å². The summed E-state index contributed by atoms with van der Waals surface area (Å²) >= 11 is 0. The van der Waals surface area contributed by atoms with E-state index in [0.717, 1.165) is 6.42 Å². The van der Waals surface area contributed by atoms with Crippen molar-refractivity contribution in [1.29, 1.82) is 0 Å². The standard InChI is InChI=1S/C34H31Si/c1-34(2,3)33-30(32-28-20-12-10-18-26(28)27-19-11-13-21-29(27)32)22-23-31(33)35(24-14-6-4-7-15-24)25-16-8-5-9-17-25/h4-22,32H,23H2,1-3H3. The Labute approximate surface area is 211 Å². The molecule has 4 aromatic rings. The largest absolute Gasteiger partial charge is 0.151 e. The molecular weight excluding hydrogens is 436 g/mol. The third-order valence-corrected chi connectivity index (χ3v) is 10.3. The molecular formula is C34H31Si. The third-order valence-electron chi connectivity index (χ3n) is 7.44. The zero-order chi connectivity index (χ0) is 24.0. The summed E-state index contributed by atoms with van der Waals surface area (Å²) in [5.74, 6) is 0.309. The van der Waals surface area contributed by atoms with Crippen molar-refractivity contribution in [1.82, 2.24) is 0 Å². The number of fused-ring (bicyclic) bond motifs is 3. The first-order valence-electron chi connectivity index (χ1n) is 12.6. The van der Waals surface area contributed by atoms with Gasteiger partial charge in [0.15, 0.2) is 8.80 Å². The minimum absolute atomic E-state index is 0.0591. The molecule has 0 amide bonds. The van der Waals surface area contributed by atoms with Crippen LogP contribution in [0.4, 0.5) is 0 Å².